The zero-order valence-electron chi connectivity index (χ0n) is 19.4. The topological polar surface area (TPSA) is 99.8 Å². The number of hydrogen-bond acceptors (Lipinski definition) is 6. The number of amides is 4. The predicted octanol–water partition coefficient (Wildman–Crippen LogP) is 2.95. The first-order chi connectivity index (χ1) is 16.4. The van der Waals surface area contributed by atoms with Crippen LogP contribution in [0.15, 0.2) is 53.4 Å². The van der Waals surface area contributed by atoms with Gasteiger partial charge in [-0.25, -0.2) is 4.79 Å². The van der Waals surface area contributed by atoms with Crippen LogP contribution in [0.4, 0.5) is 4.79 Å². The molecule has 180 valence electrons. The van der Waals surface area contributed by atoms with Gasteiger partial charge in [-0.15, -0.1) is 11.8 Å². The van der Waals surface area contributed by atoms with E-state index in [4.69, 9.17) is 4.74 Å². The number of urea groups is 1. The standard InChI is InChI=1S/C25H30N4O4S/c1-25(23(31)27-24(32)28-25)16-34-21-8-4-3-7-19(21)22(30)26-15-20(29-13-5-6-14-29)17-9-11-18(33-2)12-10-17/h3-4,7-12,20H,5-6,13-16H2,1-2H3,(H,26,30)(H2,27,28,31,32)/t20-,25+/m0/s1. The maximum Gasteiger partial charge on any atom is 0.322 e. The maximum absolute atomic E-state index is 13.2. The van der Waals surface area contributed by atoms with E-state index in [1.54, 1.807) is 20.1 Å². The molecule has 0 bridgehead atoms. The van der Waals surface area contributed by atoms with Gasteiger partial charge < -0.3 is 15.4 Å². The van der Waals surface area contributed by atoms with E-state index in [9.17, 15) is 14.4 Å². The van der Waals surface area contributed by atoms with E-state index < -0.39 is 11.6 Å². The highest BCUT2D eigenvalue weighted by Gasteiger charge is 2.42. The molecule has 0 aliphatic carbocycles. The van der Waals surface area contributed by atoms with Gasteiger partial charge in [0.15, 0.2) is 0 Å². The van der Waals surface area contributed by atoms with Gasteiger partial charge in [-0.1, -0.05) is 24.3 Å². The van der Waals surface area contributed by atoms with Crippen molar-refractivity contribution in [2.75, 3.05) is 32.5 Å². The third-order valence-corrected chi connectivity index (χ3v) is 7.69. The molecule has 0 radical (unpaired) electrons. The van der Waals surface area contributed by atoms with Crippen molar-refractivity contribution in [3.8, 4) is 5.75 Å². The van der Waals surface area contributed by atoms with E-state index in [-0.39, 0.29) is 17.9 Å². The molecule has 2 heterocycles. The average molecular weight is 483 g/mol. The SMILES string of the molecule is COc1ccc([C@H](CNC(=O)c2ccccc2SC[C@@]2(C)NC(=O)NC2=O)N2CCCC2)cc1. The third kappa shape index (κ3) is 5.37. The van der Waals surface area contributed by atoms with E-state index in [0.29, 0.717) is 17.9 Å². The normalized spacial score (nSPS) is 21.1. The van der Waals surface area contributed by atoms with Gasteiger partial charge >= 0.3 is 6.03 Å². The Hall–Kier alpha value is -3.04. The lowest BCUT2D eigenvalue weighted by atomic mass is 10.0. The van der Waals surface area contributed by atoms with Gasteiger partial charge in [-0.2, -0.15) is 0 Å². The van der Waals surface area contributed by atoms with Crippen LogP contribution in [0.25, 0.3) is 0 Å². The van der Waals surface area contributed by atoms with E-state index in [0.717, 1.165) is 42.1 Å². The second kappa shape index (κ2) is 10.5. The first-order valence-electron chi connectivity index (χ1n) is 11.4. The molecule has 2 saturated heterocycles. The summed E-state index contributed by atoms with van der Waals surface area (Å²) in [4.78, 5) is 40.0. The summed E-state index contributed by atoms with van der Waals surface area (Å²) >= 11 is 1.38. The molecule has 2 aliphatic heterocycles. The lowest BCUT2D eigenvalue weighted by molar-refractivity contribution is -0.122. The highest BCUT2D eigenvalue weighted by molar-refractivity contribution is 7.99. The molecule has 2 aliphatic rings. The van der Waals surface area contributed by atoms with Crippen LogP contribution in [-0.4, -0.2) is 60.8 Å². The van der Waals surface area contributed by atoms with E-state index in [2.05, 4.69) is 33.0 Å². The summed E-state index contributed by atoms with van der Waals surface area (Å²) in [5.41, 5.74) is 0.679. The summed E-state index contributed by atoms with van der Waals surface area (Å²) in [6.07, 6.45) is 2.31. The van der Waals surface area contributed by atoms with Gasteiger partial charge in [0, 0.05) is 17.2 Å². The van der Waals surface area contributed by atoms with Gasteiger partial charge in [0.1, 0.15) is 11.3 Å². The predicted molar refractivity (Wildman–Crippen MR) is 131 cm³/mol. The second-order valence-electron chi connectivity index (χ2n) is 8.77. The van der Waals surface area contributed by atoms with Crippen molar-refractivity contribution < 1.29 is 19.1 Å². The number of carbonyl (C=O) groups is 3. The summed E-state index contributed by atoms with van der Waals surface area (Å²) in [6.45, 7) is 4.18. The van der Waals surface area contributed by atoms with Gasteiger partial charge in [0.2, 0.25) is 0 Å². The number of thioether (sulfide) groups is 1. The maximum atomic E-state index is 13.2. The molecule has 2 fully saturated rings. The molecule has 0 aromatic heterocycles. The van der Waals surface area contributed by atoms with Gasteiger partial charge in [-0.05, 0) is 62.7 Å². The molecule has 8 nitrogen and oxygen atoms in total. The fourth-order valence-corrected chi connectivity index (χ4v) is 5.44. The fraction of sp³-hybridized carbons (Fsp3) is 0.400. The third-order valence-electron chi connectivity index (χ3n) is 6.30. The molecular formula is C25H30N4O4S. The first-order valence-corrected chi connectivity index (χ1v) is 12.4. The number of hydrogen-bond donors (Lipinski definition) is 3. The Morgan fingerprint density at radius 2 is 1.85 bits per heavy atom. The number of imide groups is 1. The minimum absolute atomic E-state index is 0.0773. The first kappa shape index (κ1) is 24.1. The summed E-state index contributed by atoms with van der Waals surface area (Å²) in [7, 11) is 1.65. The molecule has 3 N–H and O–H groups in total. The molecule has 4 amide bonds. The molecule has 4 rings (SSSR count). The molecule has 34 heavy (non-hydrogen) atoms. The zero-order chi connectivity index (χ0) is 24.1. The number of benzene rings is 2. The van der Waals surface area contributed by atoms with Crippen LogP contribution >= 0.6 is 11.8 Å². The molecule has 2 aromatic carbocycles. The summed E-state index contributed by atoms with van der Waals surface area (Å²) in [5, 5.41) is 8.05. The van der Waals surface area contributed by atoms with Crippen molar-refractivity contribution >= 4 is 29.6 Å². The lowest BCUT2D eigenvalue weighted by Gasteiger charge is -2.28. The Morgan fingerprint density at radius 3 is 2.50 bits per heavy atom. The Kier molecular flexibility index (Phi) is 7.43. The van der Waals surface area contributed by atoms with Gasteiger partial charge in [0.05, 0.1) is 18.7 Å². The number of nitrogens with zero attached hydrogens (tertiary/aromatic N) is 1. The van der Waals surface area contributed by atoms with Gasteiger partial charge in [0.25, 0.3) is 11.8 Å². The molecule has 2 atom stereocenters. The second-order valence-corrected chi connectivity index (χ2v) is 9.78. The quantitative estimate of drug-likeness (QED) is 0.375. The fourth-order valence-electron chi connectivity index (χ4n) is 4.31. The minimum atomic E-state index is -1.01. The van der Waals surface area contributed by atoms with Crippen LogP contribution in [0.5, 0.6) is 5.75 Å². The number of methoxy groups -OCH3 is 1. The zero-order valence-corrected chi connectivity index (χ0v) is 20.2. The lowest BCUT2D eigenvalue weighted by Crippen LogP contribution is -2.46. The number of rotatable bonds is 9. The van der Waals surface area contributed by atoms with Crippen molar-refractivity contribution in [2.24, 2.45) is 0 Å². The minimum Gasteiger partial charge on any atom is -0.497 e. The smallest absolute Gasteiger partial charge is 0.322 e. The van der Waals surface area contributed by atoms with Crippen LogP contribution in [0.1, 0.15) is 41.7 Å². The Labute approximate surface area is 203 Å². The van der Waals surface area contributed by atoms with Crippen LogP contribution in [0.3, 0.4) is 0 Å². The Morgan fingerprint density at radius 1 is 1.15 bits per heavy atom. The van der Waals surface area contributed by atoms with E-state index >= 15 is 0 Å². The molecule has 0 saturated carbocycles. The molecule has 2 aromatic rings. The van der Waals surface area contributed by atoms with Crippen molar-refractivity contribution in [3.63, 3.8) is 0 Å². The Bertz CT molecular complexity index is 1060. The number of ether oxygens (including phenoxy) is 1. The highest BCUT2D eigenvalue weighted by Crippen LogP contribution is 2.29. The largest absolute Gasteiger partial charge is 0.497 e. The molecule has 9 heteroatoms. The monoisotopic (exact) mass is 482 g/mol. The number of nitrogens with one attached hydrogen (secondary N) is 3. The van der Waals surface area contributed by atoms with E-state index in [1.165, 1.54) is 11.8 Å². The number of carbonyl (C=O) groups excluding carboxylic acids is 3. The summed E-state index contributed by atoms with van der Waals surface area (Å²) < 4.78 is 5.29. The molecule has 0 unspecified atom stereocenters. The Balaban J connectivity index is 1.45. The average Bonchev–Trinajstić information content (AvgIpc) is 3.46. The molecule has 0 spiro atoms. The van der Waals surface area contributed by atoms with Gasteiger partial charge in [-0.3, -0.25) is 19.8 Å². The van der Waals surface area contributed by atoms with Crippen molar-refractivity contribution in [3.05, 3.63) is 59.7 Å². The van der Waals surface area contributed by atoms with Crippen LogP contribution in [0, 0.1) is 0 Å². The van der Waals surface area contributed by atoms with Crippen molar-refractivity contribution in [1.29, 1.82) is 0 Å². The van der Waals surface area contributed by atoms with E-state index in [1.807, 2.05) is 30.3 Å². The van der Waals surface area contributed by atoms with Crippen LogP contribution in [-0.2, 0) is 4.79 Å². The van der Waals surface area contributed by atoms with Crippen LogP contribution in [0.2, 0.25) is 0 Å². The molecular weight excluding hydrogens is 452 g/mol. The summed E-state index contributed by atoms with van der Waals surface area (Å²) in [5.74, 6) is 0.599. The number of likely N-dealkylation sites (tertiary alicyclic amines) is 1. The highest BCUT2D eigenvalue weighted by atomic mass is 32.2. The van der Waals surface area contributed by atoms with Crippen LogP contribution < -0.4 is 20.7 Å². The van der Waals surface area contributed by atoms with Crippen molar-refractivity contribution in [2.45, 2.75) is 36.2 Å². The van der Waals surface area contributed by atoms with Crippen molar-refractivity contribution in [1.82, 2.24) is 20.9 Å². The summed E-state index contributed by atoms with van der Waals surface area (Å²) in [6, 6.07) is 14.9.